The molecule has 0 saturated carbocycles. The van der Waals surface area contributed by atoms with Gasteiger partial charge < -0.3 is 10.8 Å². The van der Waals surface area contributed by atoms with Crippen LogP contribution >= 0.6 is 0 Å². The lowest BCUT2D eigenvalue weighted by atomic mass is 9.95. The first-order chi connectivity index (χ1) is 4.18. The monoisotopic (exact) mass is 131 g/mol. The molecule has 0 aliphatic heterocycles. The Hall–Kier alpha value is -0.0800. The Morgan fingerprint density at radius 3 is 2.11 bits per heavy atom. The van der Waals surface area contributed by atoms with E-state index < -0.39 is 5.60 Å². The summed E-state index contributed by atoms with van der Waals surface area (Å²) in [7, 11) is 0. The molecule has 0 heterocycles. The molecule has 0 saturated heterocycles. The zero-order valence-corrected chi connectivity index (χ0v) is 6.35. The van der Waals surface area contributed by atoms with Crippen LogP contribution in [0.1, 0.15) is 33.1 Å². The van der Waals surface area contributed by atoms with Crippen molar-refractivity contribution in [3.05, 3.63) is 0 Å². The van der Waals surface area contributed by atoms with Crippen LogP contribution in [-0.4, -0.2) is 17.3 Å². The van der Waals surface area contributed by atoms with Crippen LogP contribution in [0.15, 0.2) is 0 Å². The highest BCUT2D eigenvalue weighted by atomic mass is 16.3. The average Bonchev–Trinajstić information content (AvgIpc) is 1.89. The van der Waals surface area contributed by atoms with Crippen molar-refractivity contribution in [3.8, 4) is 0 Å². The van der Waals surface area contributed by atoms with Crippen molar-refractivity contribution in [1.82, 2.24) is 0 Å². The number of hydrogen-bond donors (Lipinski definition) is 2. The van der Waals surface area contributed by atoms with Crippen LogP contribution in [0.3, 0.4) is 0 Å². The number of hydrogen-bond acceptors (Lipinski definition) is 2. The molecule has 56 valence electrons. The van der Waals surface area contributed by atoms with Gasteiger partial charge in [0.15, 0.2) is 0 Å². The average molecular weight is 131 g/mol. The third-order valence-electron chi connectivity index (χ3n) is 1.75. The summed E-state index contributed by atoms with van der Waals surface area (Å²) in [6.45, 7) is 4.40. The number of nitrogens with two attached hydrogens (primary N) is 1. The second kappa shape index (κ2) is 3.85. The molecule has 0 aromatic rings. The Balaban J connectivity index is 3.62. The van der Waals surface area contributed by atoms with Crippen molar-refractivity contribution in [2.45, 2.75) is 38.7 Å². The third-order valence-corrected chi connectivity index (χ3v) is 1.75. The highest BCUT2D eigenvalue weighted by Crippen LogP contribution is 2.14. The van der Waals surface area contributed by atoms with Crippen molar-refractivity contribution in [2.75, 3.05) is 6.54 Å². The first-order valence-corrected chi connectivity index (χ1v) is 3.61. The molecule has 0 aliphatic carbocycles. The fraction of sp³-hybridized carbons (Fsp3) is 1.00. The van der Waals surface area contributed by atoms with E-state index in [0.29, 0.717) is 6.54 Å². The van der Waals surface area contributed by atoms with Gasteiger partial charge in [0.2, 0.25) is 0 Å². The van der Waals surface area contributed by atoms with Crippen LogP contribution < -0.4 is 5.73 Å². The number of rotatable bonds is 4. The van der Waals surface area contributed by atoms with E-state index in [1.807, 2.05) is 6.92 Å². The normalized spacial score (nSPS) is 17.3. The molecular formula is C7H17NO. The summed E-state index contributed by atoms with van der Waals surface area (Å²) in [5, 5.41) is 9.50. The van der Waals surface area contributed by atoms with Crippen LogP contribution in [0.25, 0.3) is 0 Å². The van der Waals surface area contributed by atoms with Crippen molar-refractivity contribution >= 4 is 0 Å². The topological polar surface area (TPSA) is 46.2 Å². The van der Waals surface area contributed by atoms with Gasteiger partial charge in [-0.2, -0.15) is 0 Å². The van der Waals surface area contributed by atoms with E-state index in [1.54, 1.807) is 0 Å². The summed E-state index contributed by atoms with van der Waals surface area (Å²) in [5.41, 5.74) is 4.77. The van der Waals surface area contributed by atoms with Crippen molar-refractivity contribution < 1.29 is 5.11 Å². The van der Waals surface area contributed by atoms with Gasteiger partial charge in [-0.05, 0) is 12.8 Å². The second-order valence-electron chi connectivity index (χ2n) is 2.53. The molecule has 3 N–H and O–H groups in total. The lowest BCUT2D eigenvalue weighted by molar-refractivity contribution is 0.0357. The quantitative estimate of drug-likeness (QED) is 0.595. The molecule has 0 spiro atoms. The van der Waals surface area contributed by atoms with E-state index in [1.165, 1.54) is 0 Å². The van der Waals surface area contributed by atoms with Crippen molar-refractivity contribution in [3.63, 3.8) is 0 Å². The van der Waals surface area contributed by atoms with Gasteiger partial charge in [0.25, 0.3) is 0 Å². The minimum absolute atomic E-state index is 0.386. The fourth-order valence-corrected chi connectivity index (χ4v) is 0.889. The Bertz CT molecular complexity index is 69.3. The van der Waals surface area contributed by atoms with E-state index >= 15 is 0 Å². The molecule has 0 radical (unpaired) electrons. The Morgan fingerprint density at radius 1 is 1.44 bits per heavy atom. The van der Waals surface area contributed by atoms with Gasteiger partial charge in [-0.25, -0.2) is 0 Å². The van der Waals surface area contributed by atoms with Gasteiger partial charge in [-0.3, -0.25) is 0 Å². The molecule has 1 unspecified atom stereocenters. The molecule has 0 aromatic heterocycles. The first-order valence-electron chi connectivity index (χ1n) is 3.61. The predicted molar refractivity (Wildman–Crippen MR) is 39.2 cm³/mol. The van der Waals surface area contributed by atoms with E-state index in [4.69, 9.17) is 5.73 Å². The van der Waals surface area contributed by atoms with Gasteiger partial charge in [-0.1, -0.05) is 20.3 Å². The lowest BCUT2D eigenvalue weighted by Crippen LogP contribution is -2.36. The second-order valence-corrected chi connectivity index (χ2v) is 2.53. The molecule has 0 rings (SSSR count). The minimum Gasteiger partial charge on any atom is -0.389 e. The molecule has 0 aliphatic rings. The maximum atomic E-state index is 9.50. The molecule has 0 aromatic carbocycles. The molecule has 2 heteroatoms. The molecule has 2 nitrogen and oxygen atoms in total. The Morgan fingerprint density at radius 2 is 2.00 bits per heavy atom. The van der Waals surface area contributed by atoms with E-state index in [0.717, 1.165) is 19.3 Å². The Kier molecular flexibility index (Phi) is 3.82. The zero-order chi connectivity index (χ0) is 7.33. The van der Waals surface area contributed by atoms with Crippen molar-refractivity contribution in [2.24, 2.45) is 5.73 Å². The molecule has 1 atom stereocenters. The maximum Gasteiger partial charge on any atom is 0.0766 e. The summed E-state index contributed by atoms with van der Waals surface area (Å²) >= 11 is 0. The smallest absolute Gasteiger partial charge is 0.0766 e. The number of aliphatic hydroxyl groups is 1. The summed E-state index contributed by atoms with van der Waals surface area (Å²) < 4.78 is 0. The van der Waals surface area contributed by atoms with Crippen LogP contribution in [0.2, 0.25) is 0 Å². The summed E-state index contributed by atoms with van der Waals surface area (Å²) in [5.74, 6) is 0. The fourth-order valence-electron chi connectivity index (χ4n) is 0.889. The third kappa shape index (κ3) is 2.82. The van der Waals surface area contributed by atoms with Crippen LogP contribution in [-0.2, 0) is 0 Å². The van der Waals surface area contributed by atoms with Gasteiger partial charge in [-0.15, -0.1) is 0 Å². The van der Waals surface area contributed by atoms with E-state index in [2.05, 4.69) is 6.92 Å². The summed E-state index contributed by atoms with van der Waals surface area (Å²) in [4.78, 5) is 0. The predicted octanol–water partition coefficient (Wildman–Crippen LogP) is 0.886. The van der Waals surface area contributed by atoms with E-state index in [-0.39, 0.29) is 0 Å². The minimum atomic E-state index is -0.589. The first kappa shape index (κ1) is 8.92. The molecular weight excluding hydrogens is 114 g/mol. The van der Waals surface area contributed by atoms with Crippen molar-refractivity contribution in [1.29, 1.82) is 0 Å². The van der Waals surface area contributed by atoms with Gasteiger partial charge in [0, 0.05) is 6.54 Å². The molecule has 0 fully saturated rings. The van der Waals surface area contributed by atoms with Crippen LogP contribution in [0.5, 0.6) is 0 Å². The molecule has 0 bridgehead atoms. The highest BCUT2D eigenvalue weighted by Gasteiger charge is 2.20. The van der Waals surface area contributed by atoms with Gasteiger partial charge in [0.1, 0.15) is 0 Å². The highest BCUT2D eigenvalue weighted by molar-refractivity contribution is 4.76. The zero-order valence-electron chi connectivity index (χ0n) is 6.35. The Labute approximate surface area is 57.1 Å². The summed E-state index contributed by atoms with van der Waals surface area (Å²) in [6, 6.07) is 0. The lowest BCUT2D eigenvalue weighted by Gasteiger charge is -2.23. The van der Waals surface area contributed by atoms with Crippen LogP contribution in [0.4, 0.5) is 0 Å². The van der Waals surface area contributed by atoms with E-state index in [9.17, 15) is 5.11 Å². The largest absolute Gasteiger partial charge is 0.389 e. The molecule has 0 amide bonds. The SMILES string of the molecule is CCCC(O)(CC)CN. The standard InChI is InChI=1S/C7H17NO/c1-3-5-7(9,4-2)6-8/h9H,3-6,8H2,1-2H3. The molecule has 9 heavy (non-hydrogen) atoms. The van der Waals surface area contributed by atoms with Crippen LogP contribution in [0, 0.1) is 0 Å². The summed E-state index contributed by atoms with van der Waals surface area (Å²) in [6.07, 6.45) is 2.58. The van der Waals surface area contributed by atoms with Gasteiger partial charge >= 0.3 is 0 Å². The van der Waals surface area contributed by atoms with Gasteiger partial charge in [0.05, 0.1) is 5.60 Å². The maximum absolute atomic E-state index is 9.50.